The summed E-state index contributed by atoms with van der Waals surface area (Å²) in [6.07, 6.45) is -5.30. The minimum absolute atomic E-state index is 0.162. The van der Waals surface area contributed by atoms with Crippen LogP contribution in [-0.2, 0) is 9.53 Å². The lowest BCUT2D eigenvalue weighted by molar-refractivity contribution is -0.294. The molecule has 2 rings (SSSR count). The smallest absolute Gasteiger partial charge is 0.437 e. The first-order valence-corrected chi connectivity index (χ1v) is 7.28. The van der Waals surface area contributed by atoms with Crippen LogP contribution in [0.3, 0.4) is 0 Å². The van der Waals surface area contributed by atoms with Crippen LogP contribution in [0.5, 0.6) is 0 Å². The van der Waals surface area contributed by atoms with Gasteiger partial charge in [-0.3, -0.25) is 4.79 Å². The van der Waals surface area contributed by atoms with Crippen LogP contribution in [0.2, 0.25) is 5.02 Å². The number of halogens is 4. The quantitative estimate of drug-likeness (QED) is 0.715. The van der Waals surface area contributed by atoms with Crippen LogP contribution >= 0.6 is 11.6 Å². The van der Waals surface area contributed by atoms with Crippen molar-refractivity contribution in [3.05, 3.63) is 34.9 Å². The van der Waals surface area contributed by atoms with Gasteiger partial charge in [0, 0.05) is 5.02 Å². The predicted molar refractivity (Wildman–Crippen MR) is 77.0 cm³/mol. The van der Waals surface area contributed by atoms with E-state index in [1.54, 1.807) is 0 Å². The molecule has 0 aromatic heterocycles. The molecule has 3 N–H and O–H groups in total. The summed E-state index contributed by atoms with van der Waals surface area (Å²) in [5.74, 6) is -3.44. The number of aliphatic hydroxyl groups is 1. The molecule has 0 bridgehead atoms. The van der Waals surface area contributed by atoms with E-state index in [1.807, 2.05) is 0 Å². The van der Waals surface area contributed by atoms with Crippen LogP contribution in [-0.4, -0.2) is 35.6 Å². The fraction of sp³-hybridized carbons (Fsp3) is 0.429. The summed E-state index contributed by atoms with van der Waals surface area (Å²) in [4.78, 5) is 23.8. The number of benzene rings is 1. The lowest BCUT2D eigenvalue weighted by Gasteiger charge is -2.44. The molecule has 1 fully saturated rings. The zero-order valence-electron chi connectivity index (χ0n) is 12.4. The van der Waals surface area contributed by atoms with E-state index in [0.717, 1.165) is 0 Å². The fourth-order valence-corrected chi connectivity index (χ4v) is 2.61. The van der Waals surface area contributed by atoms with Crippen molar-refractivity contribution in [3.8, 4) is 0 Å². The van der Waals surface area contributed by atoms with E-state index in [1.165, 1.54) is 36.5 Å². The number of alkyl halides is 3. The molecular weight excluding hydrogens is 353 g/mol. The number of urea groups is 1. The number of carbonyl (C=O) groups excluding carboxylic acids is 2. The molecule has 0 saturated carbocycles. The summed E-state index contributed by atoms with van der Waals surface area (Å²) >= 11 is 5.74. The molecular formula is C14H14ClF3N2O4. The van der Waals surface area contributed by atoms with E-state index in [9.17, 15) is 27.9 Å². The van der Waals surface area contributed by atoms with Crippen LogP contribution in [0.15, 0.2) is 24.3 Å². The van der Waals surface area contributed by atoms with Crippen molar-refractivity contribution >= 4 is 23.6 Å². The summed E-state index contributed by atoms with van der Waals surface area (Å²) in [6.45, 7) is 1.22. The molecule has 0 radical (unpaired) electrons. The minimum atomic E-state index is -5.30. The molecule has 1 aliphatic heterocycles. The average Bonchev–Trinajstić information content (AvgIpc) is 2.46. The van der Waals surface area contributed by atoms with Gasteiger partial charge in [0.1, 0.15) is 5.92 Å². The average molecular weight is 367 g/mol. The van der Waals surface area contributed by atoms with Gasteiger partial charge in [-0.15, -0.1) is 0 Å². The van der Waals surface area contributed by atoms with E-state index in [2.05, 4.69) is 10.1 Å². The first kappa shape index (κ1) is 18.3. The zero-order valence-corrected chi connectivity index (χ0v) is 13.1. The summed E-state index contributed by atoms with van der Waals surface area (Å²) in [6, 6.07) is 2.75. The van der Waals surface area contributed by atoms with Crippen LogP contribution in [0, 0.1) is 5.92 Å². The van der Waals surface area contributed by atoms with Crippen molar-refractivity contribution in [2.24, 2.45) is 5.92 Å². The lowest BCUT2D eigenvalue weighted by atomic mass is 9.82. The number of amides is 2. The molecule has 1 aromatic carbocycles. The molecule has 10 heteroatoms. The van der Waals surface area contributed by atoms with Gasteiger partial charge in [-0.2, -0.15) is 13.2 Å². The molecule has 0 spiro atoms. The Morgan fingerprint density at radius 1 is 1.38 bits per heavy atom. The van der Waals surface area contributed by atoms with Crippen LogP contribution in [0.4, 0.5) is 18.0 Å². The Kier molecular flexibility index (Phi) is 4.95. The molecule has 1 aliphatic rings. The SMILES string of the molecule is CCOC(=O)[C@@H]1[C@@H](c2ccc(Cl)cc2)NC(=O)N[C@]1(O)C(F)(F)F. The number of nitrogens with one attached hydrogen (secondary N) is 2. The maximum Gasteiger partial charge on any atom is 0.437 e. The molecule has 132 valence electrons. The van der Waals surface area contributed by atoms with Crippen molar-refractivity contribution in [1.82, 2.24) is 10.6 Å². The largest absolute Gasteiger partial charge is 0.466 e. The Morgan fingerprint density at radius 3 is 2.46 bits per heavy atom. The second-order valence-electron chi connectivity index (χ2n) is 5.12. The normalized spacial score (nSPS) is 27.2. The molecule has 24 heavy (non-hydrogen) atoms. The number of hydrogen-bond donors (Lipinski definition) is 3. The Labute approximate surface area is 139 Å². The van der Waals surface area contributed by atoms with E-state index >= 15 is 0 Å². The van der Waals surface area contributed by atoms with Crippen LogP contribution < -0.4 is 10.6 Å². The molecule has 6 nitrogen and oxygen atoms in total. The van der Waals surface area contributed by atoms with Gasteiger partial charge >= 0.3 is 18.2 Å². The second-order valence-corrected chi connectivity index (χ2v) is 5.56. The van der Waals surface area contributed by atoms with Gasteiger partial charge in [0.15, 0.2) is 0 Å². The summed E-state index contributed by atoms with van der Waals surface area (Å²) in [5.41, 5.74) is -3.61. The van der Waals surface area contributed by atoms with Crippen molar-refractivity contribution in [3.63, 3.8) is 0 Å². The lowest BCUT2D eigenvalue weighted by Crippen LogP contribution is -2.73. The van der Waals surface area contributed by atoms with Crippen molar-refractivity contribution in [2.45, 2.75) is 24.9 Å². The first-order valence-electron chi connectivity index (χ1n) is 6.90. The topological polar surface area (TPSA) is 87.7 Å². The number of hydrogen-bond acceptors (Lipinski definition) is 4. The summed E-state index contributed by atoms with van der Waals surface area (Å²) in [7, 11) is 0. The highest BCUT2D eigenvalue weighted by atomic mass is 35.5. The number of ether oxygens (including phenoxy) is 1. The molecule has 3 atom stereocenters. The summed E-state index contributed by atoms with van der Waals surface area (Å²) in [5, 5.41) is 14.0. The van der Waals surface area contributed by atoms with Gasteiger partial charge in [0.25, 0.3) is 5.72 Å². The third-order valence-electron chi connectivity index (χ3n) is 3.58. The molecule has 1 saturated heterocycles. The molecule has 0 unspecified atom stereocenters. The highest BCUT2D eigenvalue weighted by molar-refractivity contribution is 6.30. The van der Waals surface area contributed by atoms with E-state index < -0.39 is 35.9 Å². The molecule has 1 aromatic rings. The third kappa shape index (κ3) is 3.27. The Hall–Kier alpha value is -2.00. The van der Waals surface area contributed by atoms with Gasteiger partial charge < -0.3 is 20.5 Å². The highest BCUT2D eigenvalue weighted by Crippen LogP contribution is 2.43. The maximum absolute atomic E-state index is 13.4. The first-order chi connectivity index (χ1) is 11.1. The molecule has 0 aliphatic carbocycles. The third-order valence-corrected chi connectivity index (χ3v) is 3.83. The monoisotopic (exact) mass is 366 g/mol. The number of carbonyl (C=O) groups is 2. The Balaban J connectivity index is 2.55. The van der Waals surface area contributed by atoms with Crippen LogP contribution in [0.1, 0.15) is 18.5 Å². The number of esters is 1. The molecule has 1 heterocycles. The Bertz CT molecular complexity index is 638. The van der Waals surface area contributed by atoms with Gasteiger partial charge in [-0.1, -0.05) is 23.7 Å². The minimum Gasteiger partial charge on any atom is -0.466 e. The predicted octanol–water partition coefficient (Wildman–Crippen LogP) is 2.12. The van der Waals surface area contributed by atoms with Crippen molar-refractivity contribution in [1.29, 1.82) is 0 Å². The van der Waals surface area contributed by atoms with E-state index in [-0.39, 0.29) is 12.2 Å². The van der Waals surface area contributed by atoms with E-state index in [0.29, 0.717) is 5.02 Å². The van der Waals surface area contributed by atoms with Crippen molar-refractivity contribution < 1.29 is 32.6 Å². The summed E-state index contributed by atoms with van der Waals surface area (Å²) < 4.78 is 44.8. The van der Waals surface area contributed by atoms with Gasteiger partial charge in [-0.05, 0) is 24.6 Å². The van der Waals surface area contributed by atoms with Gasteiger partial charge in [0.2, 0.25) is 0 Å². The number of rotatable bonds is 3. The fourth-order valence-electron chi connectivity index (χ4n) is 2.48. The second kappa shape index (κ2) is 6.48. The highest BCUT2D eigenvalue weighted by Gasteiger charge is 2.67. The standard InChI is InChI=1S/C14H14ClF3N2O4/c1-2-24-11(21)9-10(7-3-5-8(15)6-4-7)19-12(22)20-13(9,23)14(16,17)18/h3-6,9-10,23H,2H2,1H3,(H2,19,20,22)/t9-,10+,13+/m0/s1. The van der Waals surface area contributed by atoms with Gasteiger partial charge in [0.05, 0.1) is 12.6 Å². The molecule has 2 amide bonds. The van der Waals surface area contributed by atoms with Crippen molar-refractivity contribution in [2.75, 3.05) is 6.61 Å². The van der Waals surface area contributed by atoms with Gasteiger partial charge in [-0.25, -0.2) is 4.79 Å². The Morgan fingerprint density at radius 2 is 1.96 bits per heavy atom. The zero-order chi connectivity index (χ0) is 18.1. The maximum atomic E-state index is 13.4. The van der Waals surface area contributed by atoms with E-state index in [4.69, 9.17) is 11.6 Å². The van der Waals surface area contributed by atoms with Crippen LogP contribution in [0.25, 0.3) is 0 Å².